The molecule has 1 unspecified atom stereocenters. The second kappa shape index (κ2) is 4.41. The van der Waals surface area contributed by atoms with Crippen molar-refractivity contribution in [3.05, 3.63) is 47.8 Å². The molecular weight excluding hydrogens is 234 g/mol. The van der Waals surface area contributed by atoms with E-state index in [2.05, 4.69) is 46.5 Å². The zero-order chi connectivity index (χ0) is 12.7. The average molecular weight is 253 g/mol. The number of nitrogens with zero attached hydrogens (tertiary/aromatic N) is 2. The SMILES string of the molecule is c1ccc2c(c1)NCCC2c1ccn(CC2CC2)n1. The zero-order valence-corrected chi connectivity index (χ0v) is 11.0. The van der Waals surface area contributed by atoms with E-state index < -0.39 is 0 Å². The van der Waals surface area contributed by atoms with Crippen molar-refractivity contribution in [2.24, 2.45) is 5.92 Å². The zero-order valence-electron chi connectivity index (χ0n) is 11.0. The lowest BCUT2D eigenvalue weighted by Crippen LogP contribution is -2.18. The minimum Gasteiger partial charge on any atom is -0.385 e. The van der Waals surface area contributed by atoms with E-state index in [4.69, 9.17) is 5.10 Å². The fourth-order valence-electron chi connectivity index (χ4n) is 3.01. The standard InChI is InChI=1S/C16H19N3/c1-2-4-15-13(3-1)14(7-9-17-15)16-8-10-19(18-16)11-12-5-6-12/h1-4,8,10,12,14,17H,5-7,9,11H2. The van der Waals surface area contributed by atoms with Crippen molar-refractivity contribution in [3.8, 4) is 0 Å². The van der Waals surface area contributed by atoms with Gasteiger partial charge in [-0.15, -0.1) is 0 Å². The number of nitrogens with one attached hydrogen (secondary N) is 1. The molecule has 0 bridgehead atoms. The van der Waals surface area contributed by atoms with Gasteiger partial charge in [0.2, 0.25) is 0 Å². The Labute approximate surface area is 113 Å². The summed E-state index contributed by atoms with van der Waals surface area (Å²) in [5.74, 6) is 1.34. The van der Waals surface area contributed by atoms with Gasteiger partial charge in [-0.25, -0.2) is 0 Å². The molecule has 1 aliphatic heterocycles. The van der Waals surface area contributed by atoms with Gasteiger partial charge in [-0.2, -0.15) is 5.10 Å². The molecule has 3 nitrogen and oxygen atoms in total. The highest BCUT2D eigenvalue weighted by molar-refractivity contribution is 5.56. The summed E-state index contributed by atoms with van der Waals surface area (Å²) in [6.07, 6.45) is 6.05. The summed E-state index contributed by atoms with van der Waals surface area (Å²) in [5, 5.41) is 8.28. The molecule has 1 aliphatic carbocycles. The Kier molecular flexibility index (Phi) is 2.57. The Morgan fingerprint density at radius 2 is 2.05 bits per heavy atom. The fourth-order valence-corrected chi connectivity index (χ4v) is 3.01. The van der Waals surface area contributed by atoms with Crippen LogP contribution in [0.3, 0.4) is 0 Å². The molecule has 0 spiro atoms. The number of anilines is 1. The van der Waals surface area contributed by atoms with E-state index in [1.807, 2.05) is 0 Å². The van der Waals surface area contributed by atoms with E-state index in [9.17, 15) is 0 Å². The van der Waals surface area contributed by atoms with Gasteiger partial charge in [0.25, 0.3) is 0 Å². The van der Waals surface area contributed by atoms with Crippen LogP contribution in [0.4, 0.5) is 5.69 Å². The summed E-state index contributed by atoms with van der Waals surface area (Å²) in [7, 11) is 0. The molecule has 2 heterocycles. The van der Waals surface area contributed by atoms with Crippen LogP contribution in [0.2, 0.25) is 0 Å². The van der Waals surface area contributed by atoms with E-state index in [0.717, 1.165) is 25.4 Å². The maximum Gasteiger partial charge on any atom is 0.0700 e. The van der Waals surface area contributed by atoms with Crippen LogP contribution >= 0.6 is 0 Å². The van der Waals surface area contributed by atoms with Crippen molar-refractivity contribution in [2.45, 2.75) is 31.7 Å². The first-order valence-electron chi connectivity index (χ1n) is 7.26. The van der Waals surface area contributed by atoms with Gasteiger partial charge in [-0.1, -0.05) is 18.2 Å². The molecule has 1 N–H and O–H groups in total. The van der Waals surface area contributed by atoms with E-state index >= 15 is 0 Å². The minimum atomic E-state index is 0.456. The second-order valence-electron chi connectivity index (χ2n) is 5.76. The highest BCUT2D eigenvalue weighted by Crippen LogP contribution is 2.36. The first-order chi connectivity index (χ1) is 9.40. The van der Waals surface area contributed by atoms with Crippen LogP contribution in [0.5, 0.6) is 0 Å². The average Bonchev–Trinajstić information content (AvgIpc) is 3.14. The molecule has 1 saturated carbocycles. The topological polar surface area (TPSA) is 29.9 Å². The van der Waals surface area contributed by atoms with Gasteiger partial charge < -0.3 is 5.32 Å². The molecule has 4 rings (SSSR count). The molecule has 2 aliphatic rings. The van der Waals surface area contributed by atoms with Crippen molar-refractivity contribution in [1.29, 1.82) is 0 Å². The van der Waals surface area contributed by atoms with Gasteiger partial charge in [-0.3, -0.25) is 4.68 Å². The predicted octanol–water partition coefficient (Wildman–Crippen LogP) is 3.24. The molecule has 0 radical (unpaired) electrons. The number of fused-ring (bicyclic) bond motifs is 1. The summed E-state index contributed by atoms with van der Waals surface area (Å²) < 4.78 is 2.14. The Bertz CT molecular complexity index is 583. The Morgan fingerprint density at radius 3 is 2.95 bits per heavy atom. The predicted molar refractivity (Wildman–Crippen MR) is 76.3 cm³/mol. The van der Waals surface area contributed by atoms with Gasteiger partial charge >= 0.3 is 0 Å². The Morgan fingerprint density at radius 1 is 1.16 bits per heavy atom. The first kappa shape index (κ1) is 11.1. The summed E-state index contributed by atoms with van der Waals surface area (Å²) in [5.41, 5.74) is 3.90. The van der Waals surface area contributed by atoms with Crippen LogP contribution in [0.25, 0.3) is 0 Å². The Balaban J connectivity index is 1.63. The Hall–Kier alpha value is -1.77. The number of hydrogen-bond donors (Lipinski definition) is 1. The highest BCUT2D eigenvalue weighted by atomic mass is 15.3. The quantitative estimate of drug-likeness (QED) is 0.910. The molecule has 98 valence electrons. The number of hydrogen-bond acceptors (Lipinski definition) is 2. The lowest BCUT2D eigenvalue weighted by atomic mass is 9.88. The maximum atomic E-state index is 4.80. The van der Waals surface area contributed by atoms with Crippen LogP contribution in [0, 0.1) is 5.92 Å². The van der Waals surface area contributed by atoms with Crippen LogP contribution in [-0.4, -0.2) is 16.3 Å². The van der Waals surface area contributed by atoms with E-state index in [1.54, 1.807) is 0 Å². The first-order valence-corrected chi connectivity index (χ1v) is 7.26. The van der Waals surface area contributed by atoms with Crippen LogP contribution in [0.15, 0.2) is 36.5 Å². The van der Waals surface area contributed by atoms with E-state index in [1.165, 1.54) is 29.8 Å². The van der Waals surface area contributed by atoms with Crippen LogP contribution in [0.1, 0.15) is 36.4 Å². The molecule has 19 heavy (non-hydrogen) atoms. The summed E-state index contributed by atoms with van der Waals surface area (Å²) in [4.78, 5) is 0. The van der Waals surface area contributed by atoms with Crippen molar-refractivity contribution in [2.75, 3.05) is 11.9 Å². The lowest BCUT2D eigenvalue weighted by molar-refractivity contribution is 0.548. The van der Waals surface area contributed by atoms with Crippen LogP contribution < -0.4 is 5.32 Å². The van der Waals surface area contributed by atoms with Gasteiger partial charge in [0.15, 0.2) is 0 Å². The van der Waals surface area contributed by atoms with E-state index in [0.29, 0.717) is 5.92 Å². The lowest BCUT2D eigenvalue weighted by Gasteiger charge is -2.25. The molecular formula is C16H19N3. The third-order valence-electron chi connectivity index (χ3n) is 4.25. The largest absolute Gasteiger partial charge is 0.385 e. The molecule has 1 atom stereocenters. The fraction of sp³-hybridized carbons (Fsp3) is 0.438. The van der Waals surface area contributed by atoms with Crippen LogP contribution in [-0.2, 0) is 6.54 Å². The molecule has 1 aromatic heterocycles. The van der Waals surface area contributed by atoms with Crippen molar-refractivity contribution in [1.82, 2.24) is 9.78 Å². The number of para-hydroxylation sites is 1. The number of aromatic nitrogens is 2. The van der Waals surface area contributed by atoms with Crippen molar-refractivity contribution in [3.63, 3.8) is 0 Å². The molecule has 3 heteroatoms. The molecule has 0 amide bonds. The summed E-state index contributed by atoms with van der Waals surface area (Å²) >= 11 is 0. The normalized spacial score (nSPS) is 21.8. The summed E-state index contributed by atoms with van der Waals surface area (Å²) in [6.45, 7) is 2.14. The van der Waals surface area contributed by atoms with Crippen molar-refractivity contribution < 1.29 is 0 Å². The van der Waals surface area contributed by atoms with E-state index in [-0.39, 0.29) is 0 Å². The number of benzene rings is 1. The third kappa shape index (κ3) is 2.14. The molecule has 1 aromatic carbocycles. The van der Waals surface area contributed by atoms with Gasteiger partial charge in [0, 0.05) is 30.9 Å². The smallest absolute Gasteiger partial charge is 0.0700 e. The number of rotatable bonds is 3. The maximum absolute atomic E-state index is 4.80. The van der Waals surface area contributed by atoms with Gasteiger partial charge in [0.05, 0.1) is 5.69 Å². The third-order valence-corrected chi connectivity index (χ3v) is 4.25. The second-order valence-corrected chi connectivity index (χ2v) is 5.76. The summed E-state index contributed by atoms with van der Waals surface area (Å²) in [6, 6.07) is 10.8. The molecule has 1 fully saturated rings. The van der Waals surface area contributed by atoms with Gasteiger partial charge in [0.1, 0.15) is 0 Å². The monoisotopic (exact) mass is 253 g/mol. The highest BCUT2D eigenvalue weighted by Gasteiger charge is 2.25. The van der Waals surface area contributed by atoms with Crippen molar-refractivity contribution >= 4 is 5.69 Å². The molecule has 2 aromatic rings. The molecule has 0 saturated heterocycles. The minimum absolute atomic E-state index is 0.456. The van der Waals surface area contributed by atoms with Gasteiger partial charge in [-0.05, 0) is 42.9 Å².